The summed E-state index contributed by atoms with van der Waals surface area (Å²) in [7, 11) is 1.79. The van der Waals surface area contributed by atoms with Crippen LogP contribution in [0.25, 0.3) is 10.9 Å². The largest absolute Gasteiger partial charge is 0.481 e. The van der Waals surface area contributed by atoms with Crippen molar-refractivity contribution in [2.45, 2.75) is 32.2 Å². The highest BCUT2D eigenvalue weighted by molar-refractivity contribution is 7.95. The number of carbonyl (C=O) groups is 3. The number of rotatable bonds is 7. The first-order valence-corrected chi connectivity index (χ1v) is 11.3. The lowest BCUT2D eigenvalue weighted by Crippen LogP contribution is -2.50. The summed E-state index contributed by atoms with van der Waals surface area (Å²) in [6, 6.07) is 5.04. The van der Waals surface area contributed by atoms with E-state index in [1.165, 1.54) is 19.1 Å². The molecule has 11 heteroatoms. The molecule has 168 valence electrons. The van der Waals surface area contributed by atoms with Crippen molar-refractivity contribution in [1.82, 2.24) is 18.9 Å². The average Bonchev–Trinajstić information content (AvgIpc) is 3.06. The first-order valence-electron chi connectivity index (χ1n) is 9.82. The minimum Gasteiger partial charge on any atom is -0.481 e. The molecule has 1 saturated heterocycles. The summed E-state index contributed by atoms with van der Waals surface area (Å²) >= 11 is 13.6. The Hall–Kier alpha value is -1.94. The molecule has 1 fully saturated rings. The molecule has 3 rings (SSSR count). The third-order valence-electron chi connectivity index (χ3n) is 5.41. The monoisotopic (exact) mass is 486 g/mol. The fourth-order valence-electron chi connectivity index (χ4n) is 3.81. The lowest BCUT2D eigenvalue weighted by molar-refractivity contribution is -0.137. The molecule has 2 aromatic rings. The fraction of sp³-hybridized carbons (Fsp3) is 0.450. The van der Waals surface area contributed by atoms with Gasteiger partial charge in [-0.05, 0) is 37.0 Å². The quantitative estimate of drug-likeness (QED) is 0.517. The predicted octanol–water partition coefficient (Wildman–Crippen LogP) is 3.47. The Bertz CT molecular complexity index is 1010. The van der Waals surface area contributed by atoms with Crippen LogP contribution in [0.1, 0.15) is 36.7 Å². The highest BCUT2D eigenvalue weighted by atomic mass is 35.5. The first-order chi connectivity index (χ1) is 14.7. The summed E-state index contributed by atoms with van der Waals surface area (Å²) in [6.07, 6.45) is 1.07. The van der Waals surface area contributed by atoms with Gasteiger partial charge in [0.25, 0.3) is 5.91 Å². The number of aryl methyl sites for hydroxylation is 1. The van der Waals surface area contributed by atoms with Crippen molar-refractivity contribution >= 4 is 64.0 Å². The van der Waals surface area contributed by atoms with Crippen LogP contribution in [0.5, 0.6) is 0 Å². The average molecular weight is 487 g/mol. The van der Waals surface area contributed by atoms with Gasteiger partial charge in [0.2, 0.25) is 5.91 Å². The molecule has 2 unspecified atom stereocenters. The van der Waals surface area contributed by atoms with E-state index < -0.39 is 5.97 Å². The van der Waals surface area contributed by atoms with Crippen LogP contribution in [0.3, 0.4) is 0 Å². The van der Waals surface area contributed by atoms with Gasteiger partial charge < -0.3 is 15.0 Å². The van der Waals surface area contributed by atoms with Gasteiger partial charge in [0.15, 0.2) is 0 Å². The molecule has 1 aliphatic heterocycles. The van der Waals surface area contributed by atoms with Crippen molar-refractivity contribution in [1.29, 1.82) is 0 Å². The van der Waals surface area contributed by atoms with E-state index in [2.05, 4.69) is 10.0 Å². The second-order valence-corrected chi connectivity index (χ2v) is 9.27. The maximum absolute atomic E-state index is 13.1. The van der Waals surface area contributed by atoms with Crippen molar-refractivity contribution < 1.29 is 19.5 Å². The molecule has 1 aliphatic rings. The summed E-state index contributed by atoms with van der Waals surface area (Å²) in [4.78, 5) is 35.4. The van der Waals surface area contributed by atoms with Gasteiger partial charge in [-0.1, -0.05) is 23.2 Å². The molecule has 1 aromatic carbocycles. The van der Waals surface area contributed by atoms with Gasteiger partial charge in [-0.2, -0.15) is 0 Å². The molecule has 0 aliphatic carbocycles. The van der Waals surface area contributed by atoms with Crippen LogP contribution in [0.2, 0.25) is 10.0 Å². The van der Waals surface area contributed by atoms with Gasteiger partial charge in [-0.25, -0.2) is 4.31 Å². The summed E-state index contributed by atoms with van der Waals surface area (Å²) in [5.41, 5.74) is 1.25. The number of halogens is 2. The Kier molecular flexibility index (Phi) is 7.74. The summed E-state index contributed by atoms with van der Waals surface area (Å²) in [5.74, 6) is -1.35. The van der Waals surface area contributed by atoms with Crippen molar-refractivity contribution in [3.63, 3.8) is 0 Å². The normalized spacial score (nSPS) is 19.4. The van der Waals surface area contributed by atoms with Crippen molar-refractivity contribution in [2.75, 3.05) is 13.1 Å². The smallest absolute Gasteiger partial charge is 0.303 e. The number of carbonyl (C=O) groups excluding carboxylic acids is 2. The number of hydrogen-bond acceptors (Lipinski definition) is 5. The van der Waals surface area contributed by atoms with Crippen molar-refractivity contribution in [2.24, 2.45) is 13.0 Å². The SMILES string of the molecule is CC(=O)NSN1CCC(NC(=O)c2cc3c(Cl)c(Cl)ccc3n2C)C(CCC(=O)O)C1. The second-order valence-electron chi connectivity index (χ2n) is 7.58. The molecule has 0 spiro atoms. The highest BCUT2D eigenvalue weighted by Crippen LogP contribution is 2.33. The van der Waals surface area contributed by atoms with Gasteiger partial charge in [0, 0.05) is 62.6 Å². The van der Waals surface area contributed by atoms with Crippen LogP contribution in [0.15, 0.2) is 18.2 Å². The van der Waals surface area contributed by atoms with Crippen LogP contribution in [-0.4, -0.2) is 50.9 Å². The van der Waals surface area contributed by atoms with Crippen LogP contribution in [0, 0.1) is 5.92 Å². The Morgan fingerprint density at radius 2 is 2.03 bits per heavy atom. The Labute approximate surface area is 194 Å². The minimum absolute atomic E-state index is 0.0117. The topological polar surface area (TPSA) is 104 Å². The number of nitrogens with zero attached hydrogens (tertiary/aromatic N) is 2. The standard InChI is InChI=1S/C20H24Cl2N4O4S/c1-11(27)24-31-26-8-7-15(12(10-26)3-6-18(28)29)23-20(30)17-9-13-16(25(17)2)5-4-14(21)19(13)22/h4-5,9,12,15H,3,6-8,10H2,1-2H3,(H,23,30)(H,24,27)(H,28,29). The minimum atomic E-state index is -0.878. The van der Waals surface area contributed by atoms with Gasteiger partial charge in [0.1, 0.15) is 5.69 Å². The second kappa shape index (κ2) is 10.1. The zero-order valence-electron chi connectivity index (χ0n) is 17.2. The van der Waals surface area contributed by atoms with Crippen molar-refractivity contribution in [3.05, 3.63) is 33.9 Å². The molecule has 31 heavy (non-hydrogen) atoms. The Morgan fingerprint density at radius 1 is 1.29 bits per heavy atom. The van der Waals surface area contributed by atoms with Gasteiger partial charge in [0.05, 0.1) is 10.0 Å². The summed E-state index contributed by atoms with van der Waals surface area (Å²) in [6.45, 7) is 2.64. The van der Waals surface area contributed by atoms with Crippen LogP contribution < -0.4 is 10.0 Å². The fourth-order valence-corrected chi connectivity index (χ4v) is 4.91. The number of piperidine rings is 1. The highest BCUT2D eigenvalue weighted by Gasteiger charge is 2.32. The van der Waals surface area contributed by atoms with E-state index in [1.54, 1.807) is 23.7 Å². The lowest BCUT2D eigenvalue weighted by Gasteiger charge is -2.37. The van der Waals surface area contributed by atoms with E-state index in [0.29, 0.717) is 47.1 Å². The number of amides is 2. The maximum Gasteiger partial charge on any atom is 0.303 e. The number of fused-ring (bicyclic) bond motifs is 1. The van der Waals surface area contributed by atoms with E-state index in [4.69, 9.17) is 28.3 Å². The molecule has 3 N–H and O–H groups in total. The van der Waals surface area contributed by atoms with Crippen LogP contribution in [0.4, 0.5) is 0 Å². The maximum atomic E-state index is 13.1. The Morgan fingerprint density at radius 3 is 2.71 bits per heavy atom. The third-order valence-corrected chi connectivity index (χ3v) is 7.19. The van der Waals surface area contributed by atoms with E-state index in [-0.39, 0.29) is 30.2 Å². The summed E-state index contributed by atoms with van der Waals surface area (Å²) in [5, 5.41) is 13.7. The predicted molar refractivity (Wildman–Crippen MR) is 122 cm³/mol. The molecule has 2 heterocycles. The number of nitrogens with one attached hydrogen (secondary N) is 2. The Balaban J connectivity index is 1.76. The molecule has 1 aromatic heterocycles. The van der Waals surface area contributed by atoms with Crippen LogP contribution >= 0.6 is 35.3 Å². The van der Waals surface area contributed by atoms with E-state index in [1.807, 2.05) is 10.4 Å². The van der Waals surface area contributed by atoms with E-state index in [9.17, 15) is 14.4 Å². The molecule has 0 saturated carbocycles. The molecule has 0 radical (unpaired) electrons. The number of benzene rings is 1. The van der Waals surface area contributed by atoms with Crippen LogP contribution in [-0.2, 0) is 16.6 Å². The lowest BCUT2D eigenvalue weighted by atomic mass is 9.89. The zero-order chi connectivity index (χ0) is 22.7. The number of aromatic nitrogens is 1. The van der Waals surface area contributed by atoms with Gasteiger partial charge >= 0.3 is 5.97 Å². The number of aliphatic carboxylic acids is 1. The third kappa shape index (κ3) is 5.65. The summed E-state index contributed by atoms with van der Waals surface area (Å²) < 4.78 is 6.43. The molecule has 0 bridgehead atoms. The number of carboxylic acid groups (broad SMARTS) is 1. The zero-order valence-corrected chi connectivity index (χ0v) is 19.5. The van der Waals surface area contributed by atoms with E-state index >= 15 is 0 Å². The van der Waals surface area contributed by atoms with Gasteiger partial charge in [-0.3, -0.25) is 19.1 Å². The number of carboxylic acids is 1. The van der Waals surface area contributed by atoms with Gasteiger partial charge in [-0.15, -0.1) is 0 Å². The molecule has 8 nitrogen and oxygen atoms in total. The molecule has 2 atom stereocenters. The molecular formula is C20H24Cl2N4O4S. The van der Waals surface area contributed by atoms with Crippen molar-refractivity contribution in [3.8, 4) is 0 Å². The number of hydrogen-bond donors (Lipinski definition) is 3. The molecule has 2 amide bonds. The molecular weight excluding hydrogens is 463 g/mol. The first kappa shape index (κ1) is 23.7. The van der Waals surface area contributed by atoms with E-state index in [0.717, 1.165) is 5.52 Å².